The van der Waals surface area contributed by atoms with Gasteiger partial charge in [0, 0.05) is 13.2 Å². The smallest absolute Gasteiger partial charge is 0.344 e. The maximum Gasteiger partial charge on any atom is 0.344 e. The molecule has 0 atom stereocenters. The number of benzene rings is 1. The maximum absolute atomic E-state index is 12.9. The molecule has 0 saturated carbocycles. The molecule has 1 aromatic carbocycles. The van der Waals surface area contributed by atoms with Crippen LogP contribution in [0.3, 0.4) is 0 Å². The molecule has 2 N–H and O–H groups in total. The largest absolute Gasteiger partial charge is 0.462 e. The van der Waals surface area contributed by atoms with Crippen LogP contribution in [-0.4, -0.2) is 44.7 Å². The minimum absolute atomic E-state index is 0.0618. The fourth-order valence-electron chi connectivity index (χ4n) is 3.28. The van der Waals surface area contributed by atoms with Gasteiger partial charge >= 0.3 is 5.97 Å². The Kier molecular flexibility index (Phi) is 6.01. The van der Waals surface area contributed by atoms with Gasteiger partial charge in [-0.2, -0.15) is 0 Å². The van der Waals surface area contributed by atoms with Crippen molar-refractivity contribution in [1.82, 2.24) is 14.5 Å². The van der Waals surface area contributed by atoms with E-state index >= 15 is 0 Å². The predicted octanol–water partition coefficient (Wildman–Crippen LogP) is 3.75. The zero-order chi connectivity index (χ0) is 22.0. The Morgan fingerprint density at radius 3 is 2.58 bits per heavy atom. The van der Waals surface area contributed by atoms with Crippen LogP contribution in [0.1, 0.15) is 34.3 Å². The van der Waals surface area contributed by atoms with E-state index < -0.39 is 11.9 Å². The van der Waals surface area contributed by atoms with Crippen molar-refractivity contribution in [2.24, 2.45) is 0 Å². The number of aliphatic hydroxyl groups is 1. The fourth-order valence-corrected chi connectivity index (χ4v) is 3.58. The maximum atomic E-state index is 12.9. The summed E-state index contributed by atoms with van der Waals surface area (Å²) in [4.78, 5) is 35.0. The third-order valence-electron chi connectivity index (χ3n) is 4.60. The second kappa shape index (κ2) is 8.86. The average Bonchev–Trinajstić information content (AvgIpc) is 3.32. The van der Waals surface area contributed by atoms with Crippen molar-refractivity contribution < 1.29 is 23.8 Å². The van der Waals surface area contributed by atoms with Gasteiger partial charge in [-0.25, -0.2) is 14.8 Å². The van der Waals surface area contributed by atoms with Crippen LogP contribution in [-0.2, 0) is 11.3 Å². The van der Waals surface area contributed by atoms with Gasteiger partial charge in [0.05, 0.1) is 17.6 Å². The van der Waals surface area contributed by atoms with E-state index in [1.54, 1.807) is 23.6 Å². The lowest BCUT2D eigenvalue weighted by molar-refractivity contribution is 0.0529. The molecule has 10 heteroatoms. The summed E-state index contributed by atoms with van der Waals surface area (Å²) in [5.74, 6) is -0.925. The van der Waals surface area contributed by atoms with E-state index in [4.69, 9.17) is 9.15 Å². The minimum atomic E-state index is -0.629. The summed E-state index contributed by atoms with van der Waals surface area (Å²) in [7, 11) is 0. The Balaban J connectivity index is 1.95. The van der Waals surface area contributed by atoms with Crippen molar-refractivity contribution in [2.45, 2.75) is 19.9 Å². The first kappa shape index (κ1) is 21.0. The molecule has 0 aliphatic heterocycles. The lowest BCUT2D eigenvalue weighted by Gasteiger charge is -2.11. The van der Waals surface area contributed by atoms with Gasteiger partial charge in [-0.15, -0.1) is 0 Å². The lowest BCUT2D eigenvalue weighted by Crippen LogP contribution is -2.18. The number of carbonyl (C=O) groups is 2. The molecule has 4 aromatic rings. The number of fused-ring (bicyclic) bond motifs is 2. The normalized spacial score (nSPS) is 11.2. The predicted molar refractivity (Wildman–Crippen MR) is 117 cm³/mol. The van der Waals surface area contributed by atoms with Crippen LogP contribution < -0.4 is 5.32 Å². The number of esters is 1. The number of halogens is 1. The van der Waals surface area contributed by atoms with Crippen LogP contribution in [0.2, 0.25) is 0 Å². The molecule has 0 aliphatic rings. The first-order valence-corrected chi connectivity index (χ1v) is 10.5. The van der Waals surface area contributed by atoms with Crippen LogP contribution in [0.15, 0.2) is 45.5 Å². The number of aryl methyl sites for hydroxylation is 1. The molecule has 3 heterocycles. The van der Waals surface area contributed by atoms with E-state index in [9.17, 15) is 14.7 Å². The quantitative estimate of drug-likeness (QED) is 0.381. The first-order chi connectivity index (χ1) is 15.0. The second-order valence-corrected chi connectivity index (χ2v) is 7.40. The van der Waals surface area contributed by atoms with Gasteiger partial charge in [0.15, 0.2) is 16.1 Å². The molecule has 0 unspecified atom stereocenters. The highest BCUT2D eigenvalue weighted by atomic mass is 79.9. The molecule has 0 fully saturated rings. The molecule has 3 aromatic heterocycles. The molecule has 0 saturated heterocycles. The topological polar surface area (TPSA) is 119 Å². The van der Waals surface area contributed by atoms with Crippen molar-refractivity contribution in [3.8, 4) is 0 Å². The van der Waals surface area contributed by atoms with E-state index in [0.717, 1.165) is 0 Å². The highest BCUT2D eigenvalue weighted by Gasteiger charge is 2.28. The Hall–Kier alpha value is -3.24. The van der Waals surface area contributed by atoms with Crippen LogP contribution >= 0.6 is 15.9 Å². The summed E-state index contributed by atoms with van der Waals surface area (Å²) in [6, 6.07) is 10.4. The molecule has 0 bridgehead atoms. The van der Waals surface area contributed by atoms with Crippen molar-refractivity contribution in [3.05, 3.63) is 52.4 Å². The lowest BCUT2D eigenvalue weighted by atomic mass is 10.2. The molecule has 0 radical (unpaired) electrons. The number of hydrogen-bond donors (Lipinski definition) is 2. The number of furan rings is 1. The van der Waals surface area contributed by atoms with Gasteiger partial charge < -0.3 is 24.1 Å². The number of amides is 1. The molecular weight excluding hydrogens is 468 g/mol. The molecule has 0 aliphatic carbocycles. The number of carbonyl (C=O) groups excluding carboxylic acids is 2. The van der Waals surface area contributed by atoms with Crippen molar-refractivity contribution in [2.75, 3.05) is 18.5 Å². The van der Waals surface area contributed by atoms with Crippen LogP contribution in [0.4, 0.5) is 5.82 Å². The average molecular weight is 487 g/mol. The van der Waals surface area contributed by atoms with Crippen molar-refractivity contribution >= 4 is 55.8 Å². The minimum Gasteiger partial charge on any atom is -0.462 e. The van der Waals surface area contributed by atoms with E-state index in [1.165, 1.54) is 6.07 Å². The number of hydrogen-bond acceptors (Lipinski definition) is 7. The third kappa shape index (κ3) is 4.04. The Morgan fingerprint density at radius 2 is 1.94 bits per heavy atom. The van der Waals surface area contributed by atoms with E-state index in [2.05, 4.69) is 31.2 Å². The van der Waals surface area contributed by atoms with E-state index in [0.29, 0.717) is 39.8 Å². The number of aliphatic hydroxyl groups excluding tert-OH is 1. The first-order valence-electron chi connectivity index (χ1n) is 9.67. The number of nitrogens with one attached hydrogen (secondary N) is 1. The van der Waals surface area contributed by atoms with Gasteiger partial charge in [-0.3, -0.25) is 4.79 Å². The second-order valence-electron chi connectivity index (χ2n) is 6.62. The number of rotatable bonds is 7. The SMILES string of the molecule is CCOC(=O)c1c(NC(=O)c2ccc(Br)o2)n(CCCO)c2nc3ccccc3nc12. The number of anilines is 1. The summed E-state index contributed by atoms with van der Waals surface area (Å²) in [6.45, 7) is 2.08. The summed E-state index contributed by atoms with van der Waals surface area (Å²) in [6.07, 6.45) is 0.385. The fraction of sp³-hybridized carbons (Fsp3) is 0.238. The number of para-hydroxylation sites is 2. The Bertz CT molecular complexity index is 1280. The van der Waals surface area contributed by atoms with Crippen molar-refractivity contribution in [1.29, 1.82) is 0 Å². The molecule has 9 nitrogen and oxygen atoms in total. The van der Waals surface area contributed by atoms with Crippen LogP contribution in [0.5, 0.6) is 0 Å². The van der Waals surface area contributed by atoms with Crippen LogP contribution in [0, 0.1) is 0 Å². The highest BCUT2D eigenvalue weighted by molar-refractivity contribution is 9.10. The third-order valence-corrected chi connectivity index (χ3v) is 5.03. The zero-order valence-corrected chi connectivity index (χ0v) is 18.2. The van der Waals surface area contributed by atoms with Gasteiger partial charge in [0.2, 0.25) is 0 Å². The molecule has 31 heavy (non-hydrogen) atoms. The summed E-state index contributed by atoms with van der Waals surface area (Å²) in [5.41, 5.74) is 2.07. The number of nitrogens with zero attached hydrogens (tertiary/aromatic N) is 3. The summed E-state index contributed by atoms with van der Waals surface area (Å²) < 4.78 is 12.6. The number of ether oxygens (including phenoxy) is 1. The number of aromatic nitrogens is 3. The highest BCUT2D eigenvalue weighted by Crippen LogP contribution is 2.31. The van der Waals surface area contributed by atoms with Crippen molar-refractivity contribution in [3.63, 3.8) is 0 Å². The Morgan fingerprint density at radius 1 is 1.19 bits per heavy atom. The molecule has 4 rings (SSSR count). The monoisotopic (exact) mass is 486 g/mol. The van der Waals surface area contributed by atoms with Gasteiger partial charge in [-0.1, -0.05) is 12.1 Å². The molecule has 1 amide bonds. The molecule has 160 valence electrons. The van der Waals surface area contributed by atoms with E-state index in [1.807, 2.05) is 18.2 Å². The Labute approximate surface area is 185 Å². The zero-order valence-electron chi connectivity index (χ0n) is 16.6. The summed E-state index contributed by atoms with van der Waals surface area (Å²) in [5, 5.41) is 12.1. The van der Waals surface area contributed by atoms with E-state index in [-0.39, 0.29) is 30.4 Å². The standard InChI is InChI=1S/C21H19BrN4O5/c1-2-30-21(29)16-17-19(24-13-7-4-3-6-12(13)23-17)26(10-5-11-27)18(16)25-20(28)14-8-9-15(22)31-14/h3-4,6-9,27H,2,5,10-11H2,1H3,(H,25,28). The van der Waals surface area contributed by atoms with Gasteiger partial charge in [0.25, 0.3) is 5.91 Å². The molecular formula is C21H19BrN4O5. The van der Waals surface area contributed by atoms with Gasteiger partial charge in [0.1, 0.15) is 16.9 Å². The molecule has 0 spiro atoms. The summed E-state index contributed by atoms with van der Waals surface area (Å²) >= 11 is 3.17. The van der Waals surface area contributed by atoms with Gasteiger partial charge in [-0.05, 0) is 53.5 Å². The van der Waals surface area contributed by atoms with Crippen LogP contribution in [0.25, 0.3) is 22.2 Å².